The molecule has 142 valence electrons. The van der Waals surface area contributed by atoms with Crippen LogP contribution in [0.25, 0.3) is 4.96 Å². The molecule has 1 fully saturated rings. The van der Waals surface area contributed by atoms with Crippen LogP contribution in [0.1, 0.15) is 34.8 Å². The summed E-state index contributed by atoms with van der Waals surface area (Å²) in [5.74, 6) is 0.946. The molecule has 2 N–H and O–H groups in total. The molecule has 0 radical (unpaired) electrons. The molecule has 1 aliphatic rings. The van der Waals surface area contributed by atoms with Gasteiger partial charge in [0.15, 0.2) is 6.04 Å². The van der Waals surface area contributed by atoms with Gasteiger partial charge in [-0.25, -0.2) is 4.98 Å². The Morgan fingerprint density at radius 3 is 2.59 bits per heavy atom. The van der Waals surface area contributed by atoms with Crippen molar-refractivity contribution in [2.24, 2.45) is 0 Å². The number of amides is 1. The smallest absolute Gasteiger partial charge is 0.235 e. The number of nitrogens with one attached hydrogen (secondary N) is 1. The first-order valence-electron chi connectivity index (χ1n) is 9.16. The quantitative estimate of drug-likeness (QED) is 0.703. The van der Waals surface area contributed by atoms with E-state index in [1.807, 2.05) is 24.0 Å². The van der Waals surface area contributed by atoms with Gasteiger partial charge in [-0.1, -0.05) is 35.6 Å². The lowest BCUT2D eigenvalue weighted by atomic mass is 9.98. The molecule has 1 atom stereocenters. The number of carbonyl (C=O) groups excluding carboxylic acids is 1. The molecule has 0 bridgehead atoms. The molecule has 2 aromatic heterocycles. The van der Waals surface area contributed by atoms with Crippen molar-refractivity contribution in [3.05, 3.63) is 46.1 Å². The highest BCUT2D eigenvalue weighted by Crippen LogP contribution is 2.35. The zero-order chi connectivity index (χ0) is 19.1. The molecular weight excluding hydrogens is 362 g/mol. The molecule has 1 saturated heterocycles. The van der Waals surface area contributed by atoms with Crippen molar-refractivity contribution in [1.82, 2.24) is 19.5 Å². The zero-order valence-electron chi connectivity index (χ0n) is 15.8. The maximum Gasteiger partial charge on any atom is 0.235 e. The second-order valence-corrected chi connectivity index (χ2v) is 8.11. The minimum atomic E-state index is -0.00545. The van der Waals surface area contributed by atoms with Crippen LogP contribution in [0.3, 0.4) is 0 Å². The van der Waals surface area contributed by atoms with Gasteiger partial charge in [-0.05, 0) is 19.4 Å². The fourth-order valence-electron chi connectivity index (χ4n) is 3.89. The third-order valence-electron chi connectivity index (χ3n) is 5.33. The van der Waals surface area contributed by atoms with Gasteiger partial charge in [-0.2, -0.15) is 4.52 Å². The van der Waals surface area contributed by atoms with Crippen LogP contribution in [0.5, 0.6) is 5.88 Å². The summed E-state index contributed by atoms with van der Waals surface area (Å²) in [6.07, 6.45) is 0. The van der Waals surface area contributed by atoms with Gasteiger partial charge in [0.1, 0.15) is 10.7 Å². The van der Waals surface area contributed by atoms with Crippen LogP contribution in [0.4, 0.5) is 0 Å². The first-order valence-corrected chi connectivity index (χ1v) is 9.98. The van der Waals surface area contributed by atoms with Crippen LogP contribution in [0.2, 0.25) is 0 Å². The van der Waals surface area contributed by atoms with Crippen molar-refractivity contribution >= 4 is 22.2 Å². The Morgan fingerprint density at radius 2 is 1.96 bits per heavy atom. The second kappa shape index (κ2) is 6.94. The van der Waals surface area contributed by atoms with Crippen molar-refractivity contribution in [3.63, 3.8) is 0 Å². The summed E-state index contributed by atoms with van der Waals surface area (Å²) in [6.45, 7) is 8.68. The van der Waals surface area contributed by atoms with Gasteiger partial charge in [-0.15, -0.1) is 5.10 Å². The predicted molar refractivity (Wildman–Crippen MR) is 103 cm³/mol. The molecule has 1 aromatic carbocycles. The van der Waals surface area contributed by atoms with E-state index in [4.69, 9.17) is 0 Å². The molecule has 0 unspecified atom stereocenters. The van der Waals surface area contributed by atoms with Crippen LogP contribution in [-0.4, -0.2) is 56.7 Å². The molecule has 0 aliphatic carbocycles. The molecule has 0 spiro atoms. The number of aryl methyl sites for hydroxylation is 2. The van der Waals surface area contributed by atoms with E-state index in [1.165, 1.54) is 31.9 Å². The highest BCUT2D eigenvalue weighted by molar-refractivity contribution is 7.17. The van der Waals surface area contributed by atoms with Gasteiger partial charge in [0, 0.05) is 12.5 Å². The average Bonchev–Trinajstić information content (AvgIpc) is 3.15. The molecule has 0 saturated carbocycles. The van der Waals surface area contributed by atoms with E-state index in [2.05, 4.69) is 29.1 Å². The Labute approximate surface area is 161 Å². The zero-order valence-corrected chi connectivity index (χ0v) is 16.6. The number of quaternary nitrogens is 1. The lowest BCUT2D eigenvalue weighted by molar-refractivity contribution is -0.929. The number of thiazole rings is 1. The summed E-state index contributed by atoms with van der Waals surface area (Å²) in [4.78, 5) is 20.9. The van der Waals surface area contributed by atoms with Gasteiger partial charge in [0.2, 0.25) is 16.7 Å². The van der Waals surface area contributed by atoms with E-state index in [9.17, 15) is 9.90 Å². The Balaban J connectivity index is 1.77. The number of benzene rings is 1. The van der Waals surface area contributed by atoms with Crippen molar-refractivity contribution < 1.29 is 14.8 Å². The largest absolute Gasteiger partial charge is 0.492 e. The van der Waals surface area contributed by atoms with Crippen LogP contribution < -0.4 is 4.90 Å². The first-order chi connectivity index (χ1) is 13.0. The van der Waals surface area contributed by atoms with Crippen LogP contribution >= 0.6 is 11.3 Å². The van der Waals surface area contributed by atoms with E-state index in [1.54, 1.807) is 6.92 Å². The van der Waals surface area contributed by atoms with Crippen molar-refractivity contribution in [2.75, 3.05) is 26.2 Å². The number of hydrogen-bond acceptors (Lipinski definition) is 5. The summed E-state index contributed by atoms with van der Waals surface area (Å²) in [5, 5.41) is 15.2. The number of aromatic hydroxyl groups is 1. The summed E-state index contributed by atoms with van der Waals surface area (Å²) >= 11 is 1.50. The van der Waals surface area contributed by atoms with E-state index in [0.29, 0.717) is 10.8 Å². The van der Waals surface area contributed by atoms with Gasteiger partial charge in [-0.3, -0.25) is 4.79 Å². The molecule has 3 aromatic rings. The molecule has 3 heterocycles. The fourth-order valence-corrected chi connectivity index (χ4v) is 5.07. The monoisotopic (exact) mass is 386 g/mol. The van der Waals surface area contributed by atoms with E-state index >= 15 is 0 Å². The molecular formula is C19H24N5O2S+. The maximum atomic E-state index is 11.7. The van der Waals surface area contributed by atoms with Crippen LogP contribution in [-0.2, 0) is 4.79 Å². The summed E-state index contributed by atoms with van der Waals surface area (Å²) in [5.41, 5.74) is 2.39. The normalized spacial score (nSPS) is 16.8. The predicted octanol–water partition coefficient (Wildman–Crippen LogP) is 0.950. The van der Waals surface area contributed by atoms with E-state index in [0.717, 1.165) is 31.1 Å². The number of piperazine rings is 1. The minimum Gasteiger partial charge on any atom is -0.492 e. The number of nitrogens with zero attached hydrogens (tertiary/aromatic N) is 4. The van der Waals surface area contributed by atoms with Gasteiger partial charge < -0.3 is 14.9 Å². The van der Waals surface area contributed by atoms with Gasteiger partial charge >= 0.3 is 0 Å². The molecule has 27 heavy (non-hydrogen) atoms. The summed E-state index contributed by atoms with van der Waals surface area (Å²) < 4.78 is 1.53. The second-order valence-electron chi connectivity index (χ2n) is 7.10. The van der Waals surface area contributed by atoms with Crippen molar-refractivity contribution in [2.45, 2.75) is 26.8 Å². The Kier molecular flexibility index (Phi) is 4.61. The third kappa shape index (κ3) is 3.19. The topological polar surface area (TPSA) is 75.2 Å². The van der Waals surface area contributed by atoms with Crippen molar-refractivity contribution in [3.8, 4) is 5.88 Å². The third-order valence-corrected chi connectivity index (χ3v) is 6.41. The Morgan fingerprint density at radius 1 is 1.26 bits per heavy atom. The summed E-state index contributed by atoms with van der Waals surface area (Å²) in [7, 11) is 0. The van der Waals surface area contributed by atoms with Crippen LogP contribution in [0, 0.1) is 13.8 Å². The lowest BCUT2D eigenvalue weighted by Gasteiger charge is -2.36. The number of hydrogen-bond donors (Lipinski definition) is 2. The fraction of sp³-hybridized carbons (Fsp3) is 0.421. The van der Waals surface area contributed by atoms with E-state index in [-0.39, 0.29) is 17.8 Å². The number of rotatable bonds is 3. The molecule has 1 amide bonds. The van der Waals surface area contributed by atoms with E-state index < -0.39 is 0 Å². The SMILES string of the molecule is CC(=O)N1CC[NH+]([C@H](c2ccccc2C)c2sc3nc(C)nn3c2O)CC1. The number of fused-ring (bicyclic) bond motifs is 1. The Hall–Kier alpha value is -2.45. The molecule has 8 heteroatoms. The highest BCUT2D eigenvalue weighted by Gasteiger charge is 2.36. The average molecular weight is 387 g/mol. The Bertz CT molecular complexity index is 987. The number of aromatic nitrogens is 3. The molecule has 1 aliphatic heterocycles. The van der Waals surface area contributed by atoms with Crippen LogP contribution in [0.15, 0.2) is 24.3 Å². The standard InChI is InChI=1S/C19H23N5O2S/c1-12-6-4-5-7-15(12)16(23-10-8-22(9-11-23)14(3)25)17-18(26)24-19(27-17)20-13(2)21-24/h4-7,16,26H,8-11H2,1-3H3/p+1/t16-/m1/s1. The molecule has 7 nitrogen and oxygen atoms in total. The lowest BCUT2D eigenvalue weighted by Crippen LogP contribution is -3.15. The summed E-state index contributed by atoms with van der Waals surface area (Å²) in [6, 6.07) is 8.30. The van der Waals surface area contributed by atoms with Crippen molar-refractivity contribution in [1.29, 1.82) is 0 Å². The number of carbonyl (C=O) groups is 1. The highest BCUT2D eigenvalue weighted by atomic mass is 32.1. The first kappa shape index (κ1) is 17.9. The van der Waals surface area contributed by atoms with Gasteiger partial charge in [0.05, 0.1) is 26.2 Å². The maximum absolute atomic E-state index is 11.7. The van der Waals surface area contributed by atoms with Gasteiger partial charge in [0.25, 0.3) is 0 Å². The minimum absolute atomic E-state index is 0.00545. The molecule has 4 rings (SSSR count).